The molecule has 8 heteroatoms. The SMILES string of the molecule is COC(=O)c1cc(OC)c(OC)cc1NC(=O)CCC1CCNC1.Cl. The predicted octanol–water partition coefficient (Wildman–Crippen LogP) is 2.24. The number of rotatable bonds is 7. The number of ether oxygens (including phenoxy) is 3. The van der Waals surface area contributed by atoms with Crippen LogP contribution in [-0.2, 0) is 9.53 Å². The Labute approximate surface area is 153 Å². The molecular formula is C17H25ClN2O5. The molecule has 140 valence electrons. The monoisotopic (exact) mass is 372 g/mol. The van der Waals surface area contributed by atoms with E-state index in [1.165, 1.54) is 27.4 Å². The van der Waals surface area contributed by atoms with Crippen molar-refractivity contribution in [2.75, 3.05) is 39.7 Å². The van der Waals surface area contributed by atoms with Gasteiger partial charge in [-0.05, 0) is 31.8 Å². The van der Waals surface area contributed by atoms with E-state index < -0.39 is 5.97 Å². The molecule has 1 aromatic rings. The molecule has 7 nitrogen and oxygen atoms in total. The van der Waals surface area contributed by atoms with Gasteiger partial charge in [0.1, 0.15) is 0 Å². The Morgan fingerprint density at radius 2 is 1.88 bits per heavy atom. The summed E-state index contributed by atoms with van der Waals surface area (Å²) >= 11 is 0. The number of benzene rings is 1. The van der Waals surface area contributed by atoms with E-state index in [4.69, 9.17) is 14.2 Å². The molecule has 1 aromatic carbocycles. The highest BCUT2D eigenvalue weighted by Gasteiger charge is 2.20. The lowest BCUT2D eigenvalue weighted by molar-refractivity contribution is -0.116. The number of hydrogen-bond acceptors (Lipinski definition) is 6. The van der Waals surface area contributed by atoms with Gasteiger partial charge in [-0.1, -0.05) is 0 Å². The van der Waals surface area contributed by atoms with Crippen LogP contribution in [0.15, 0.2) is 12.1 Å². The van der Waals surface area contributed by atoms with E-state index >= 15 is 0 Å². The molecule has 1 aliphatic rings. The Kier molecular flexibility index (Phi) is 8.51. The predicted molar refractivity (Wildman–Crippen MR) is 97.0 cm³/mol. The van der Waals surface area contributed by atoms with Gasteiger partial charge >= 0.3 is 5.97 Å². The van der Waals surface area contributed by atoms with Crippen LogP contribution in [0.25, 0.3) is 0 Å². The second-order valence-electron chi connectivity index (χ2n) is 5.69. The molecule has 1 saturated heterocycles. The lowest BCUT2D eigenvalue weighted by Crippen LogP contribution is -2.17. The molecule has 25 heavy (non-hydrogen) atoms. The van der Waals surface area contributed by atoms with E-state index in [-0.39, 0.29) is 23.9 Å². The Hall–Kier alpha value is -1.99. The van der Waals surface area contributed by atoms with Crippen LogP contribution in [-0.4, -0.2) is 46.3 Å². The van der Waals surface area contributed by atoms with Gasteiger partial charge in [-0.3, -0.25) is 4.79 Å². The number of nitrogens with one attached hydrogen (secondary N) is 2. The minimum absolute atomic E-state index is 0. The van der Waals surface area contributed by atoms with Crippen LogP contribution < -0.4 is 20.1 Å². The minimum atomic E-state index is -0.550. The van der Waals surface area contributed by atoms with Gasteiger partial charge < -0.3 is 24.8 Å². The maximum Gasteiger partial charge on any atom is 0.340 e. The molecule has 0 aromatic heterocycles. The van der Waals surface area contributed by atoms with Crippen LogP contribution in [0.3, 0.4) is 0 Å². The molecule has 1 unspecified atom stereocenters. The molecule has 0 saturated carbocycles. The lowest BCUT2D eigenvalue weighted by Gasteiger charge is -2.15. The van der Waals surface area contributed by atoms with Crippen LogP contribution in [0.2, 0.25) is 0 Å². The number of carbonyl (C=O) groups excluding carboxylic acids is 2. The van der Waals surface area contributed by atoms with Gasteiger partial charge in [-0.15, -0.1) is 12.4 Å². The first-order chi connectivity index (χ1) is 11.6. The Bertz CT molecular complexity index is 603. The summed E-state index contributed by atoms with van der Waals surface area (Å²) in [6.45, 7) is 1.96. The quantitative estimate of drug-likeness (QED) is 0.714. The first-order valence-corrected chi connectivity index (χ1v) is 7.94. The number of anilines is 1. The van der Waals surface area contributed by atoms with Crippen molar-refractivity contribution in [3.05, 3.63) is 17.7 Å². The summed E-state index contributed by atoms with van der Waals surface area (Å²) < 4.78 is 15.2. The summed E-state index contributed by atoms with van der Waals surface area (Å²) in [7, 11) is 4.26. The van der Waals surface area contributed by atoms with E-state index in [0.717, 1.165) is 25.9 Å². The Balaban J connectivity index is 0.00000312. The van der Waals surface area contributed by atoms with Gasteiger partial charge in [0.05, 0.1) is 32.6 Å². The van der Waals surface area contributed by atoms with Gasteiger partial charge in [-0.25, -0.2) is 4.79 Å². The summed E-state index contributed by atoms with van der Waals surface area (Å²) in [4.78, 5) is 24.2. The first-order valence-electron chi connectivity index (χ1n) is 7.94. The van der Waals surface area contributed by atoms with Crippen molar-refractivity contribution in [3.63, 3.8) is 0 Å². The van der Waals surface area contributed by atoms with Crippen molar-refractivity contribution in [2.24, 2.45) is 5.92 Å². The van der Waals surface area contributed by atoms with Gasteiger partial charge in [0.15, 0.2) is 11.5 Å². The van der Waals surface area contributed by atoms with Crippen LogP contribution in [0, 0.1) is 5.92 Å². The van der Waals surface area contributed by atoms with Crippen molar-refractivity contribution < 1.29 is 23.8 Å². The average molecular weight is 373 g/mol. The minimum Gasteiger partial charge on any atom is -0.493 e. The van der Waals surface area contributed by atoms with E-state index in [9.17, 15) is 9.59 Å². The van der Waals surface area contributed by atoms with Gasteiger partial charge in [0, 0.05) is 18.6 Å². The van der Waals surface area contributed by atoms with E-state index in [0.29, 0.717) is 29.5 Å². The molecule has 0 spiro atoms. The van der Waals surface area contributed by atoms with Crippen LogP contribution in [0.4, 0.5) is 5.69 Å². The highest BCUT2D eigenvalue weighted by Crippen LogP contribution is 2.34. The van der Waals surface area contributed by atoms with Crippen molar-refractivity contribution in [1.29, 1.82) is 0 Å². The van der Waals surface area contributed by atoms with Crippen LogP contribution in [0.1, 0.15) is 29.6 Å². The van der Waals surface area contributed by atoms with Gasteiger partial charge in [-0.2, -0.15) is 0 Å². The topological polar surface area (TPSA) is 85.9 Å². The number of methoxy groups -OCH3 is 3. The fourth-order valence-electron chi connectivity index (χ4n) is 2.77. The van der Waals surface area contributed by atoms with Crippen LogP contribution >= 0.6 is 12.4 Å². The molecule has 2 rings (SSSR count). The van der Waals surface area contributed by atoms with Crippen molar-refractivity contribution in [1.82, 2.24) is 5.32 Å². The summed E-state index contributed by atoms with van der Waals surface area (Å²) in [5, 5.41) is 6.06. The number of carbonyl (C=O) groups is 2. The smallest absolute Gasteiger partial charge is 0.340 e. The third-order valence-corrected chi connectivity index (χ3v) is 4.15. The number of amides is 1. The number of halogens is 1. The molecule has 1 fully saturated rings. The van der Waals surface area contributed by atoms with E-state index in [2.05, 4.69) is 10.6 Å². The third kappa shape index (κ3) is 5.51. The third-order valence-electron chi connectivity index (χ3n) is 4.15. The molecule has 1 aliphatic heterocycles. The zero-order valence-corrected chi connectivity index (χ0v) is 15.5. The molecular weight excluding hydrogens is 348 g/mol. The Morgan fingerprint density at radius 3 is 2.44 bits per heavy atom. The lowest BCUT2D eigenvalue weighted by atomic mass is 10.0. The fraction of sp³-hybridized carbons (Fsp3) is 0.529. The van der Waals surface area contributed by atoms with Crippen molar-refractivity contribution >= 4 is 30.0 Å². The standard InChI is InChI=1S/C17H24N2O5.ClH/c1-22-14-8-12(17(21)24-3)13(9-15(14)23-2)19-16(20)5-4-11-6-7-18-10-11;/h8-9,11,18H,4-7,10H2,1-3H3,(H,19,20);1H. The van der Waals surface area contributed by atoms with Crippen molar-refractivity contribution in [2.45, 2.75) is 19.3 Å². The van der Waals surface area contributed by atoms with Crippen LogP contribution in [0.5, 0.6) is 11.5 Å². The fourth-order valence-corrected chi connectivity index (χ4v) is 2.77. The summed E-state index contributed by atoms with van der Waals surface area (Å²) in [6, 6.07) is 3.07. The second kappa shape index (κ2) is 10.1. The first kappa shape index (κ1) is 21.1. The summed E-state index contributed by atoms with van der Waals surface area (Å²) in [6.07, 6.45) is 2.32. The molecule has 1 amide bonds. The maximum atomic E-state index is 12.2. The van der Waals surface area contributed by atoms with Crippen molar-refractivity contribution in [3.8, 4) is 11.5 Å². The zero-order chi connectivity index (χ0) is 17.5. The number of hydrogen-bond donors (Lipinski definition) is 2. The normalized spacial score (nSPS) is 15.9. The molecule has 0 radical (unpaired) electrons. The highest BCUT2D eigenvalue weighted by molar-refractivity contribution is 6.02. The van der Waals surface area contributed by atoms with E-state index in [1.807, 2.05) is 0 Å². The maximum absolute atomic E-state index is 12.2. The number of esters is 1. The summed E-state index contributed by atoms with van der Waals surface area (Å²) in [5.74, 6) is 0.667. The molecule has 1 heterocycles. The second-order valence-corrected chi connectivity index (χ2v) is 5.69. The molecule has 2 N–H and O–H groups in total. The zero-order valence-electron chi connectivity index (χ0n) is 14.7. The largest absolute Gasteiger partial charge is 0.493 e. The van der Waals surface area contributed by atoms with E-state index in [1.54, 1.807) is 6.07 Å². The average Bonchev–Trinajstić information content (AvgIpc) is 3.12. The molecule has 0 bridgehead atoms. The Morgan fingerprint density at radius 1 is 1.20 bits per heavy atom. The van der Waals surface area contributed by atoms with Gasteiger partial charge in [0.25, 0.3) is 0 Å². The molecule has 1 atom stereocenters. The summed E-state index contributed by atoms with van der Waals surface area (Å²) in [5.41, 5.74) is 0.583. The highest BCUT2D eigenvalue weighted by atomic mass is 35.5. The van der Waals surface area contributed by atoms with Gasteiger partial charge in [0.2, 0.25) is 5.91 Å². The molecule has 0 aliphatic carbocycles.